The SMILES string of the molecule is C=CN1CCN(C2CCc3cccnc32)CC1. The zero-order valence-corrected chi connectivity index (χ0v) is 10.2. The minimum Gasteiger partial charge on any atom is -0.375 e. The third-order valence-corrected chi connectivity index (χ3v) is 3.98. The van der Waals surface area contributed by atoms with Gasteiger partial charge in [-0.05, 0) is 30.7 Å². The van der Waals surface area contributed by atoms with E-state index in [9.17, 15) is 0 Å². The van der Waals surface area contributed by atoms with Gasteiger partial charge in [-0.25, -0.2) is 0 Å². The van der Waals surface area contributed by atoms with Crippen molar-refractivity contribution in [2.45, 2.75) is 18.9 Å². The first-order valence-corrected chi connectivity index (χ1v) is 6.43. The molecule has 0 amide bonds. The summed E-state index contributed by atoms with van der Waals surface area (Å²) in [7, 11) is 0. The quantitative estimate of drug-likeness (QED) is 0.771. The number of hydrogen-bond donors (Lipinski definition) is 0. The van der Waals surface area contributed by atoms with Crippen molar-refractivity contribution in [1.29, 1.82) is 0 Å². The van der Waals surface area contributed by atoms with Crippen LogP contribution in [-0.2, 0) is 6.42 Å². The van der Waals surface area contributed by atoms with Gasteiger partial charge in [-0.3, -0.25) is 9.88 Å². The molecule has 3 rings (SSSR count). The molecule has 3 heteroatoms. The molecule has 1 fully saturated rings. The highest BCUT2D eigenvalue weighted by molar-refractivity contribution is 5.28. The molecule has 0 saturated carbocycles. The number of fused-ring (bicyclic) bond motifs is 1. The zero-order chi connectivity index (χ0) is 11.7. The summed E-state index contributed by atoms with van der Waals surface area (Å²) in [5.41, 5.74) is 2.77. The maximum atomic E-state index is 4.58. The van der Waals surface area contributed by atoms with E-state index >= 15 is 0 Å². The fourth-order valence-electron chi connectivity index (χ4n) is 2.98. The molecule has 0 bridgehead atoms. The van der Waals surface area contributed by atoms with Gasteiger partial charge < -0.3 is 4.90 Å². The van der Waals surface area contributed by atoms with E-state index in [1.165, 1.54) is 24.1 Å². The summed E-state index contributed by atoms with van der Waals surface area (Å²) in [5.74, 6) is 0. The molecule has 3 nitrogen and oxygen atoms in total. The standard InChI is InChI=1S/C14H19N3/c1-2-16-8-10-17(11-9-16)13-6-5-12-4-3-7-15-14(12)13/h2-4,7,13H,1,5-6,8-11H2. The molecule has 2 aliphatic rings. The summed E-state index contributed by atoms with van der Waals surface area (Å²) in [6, 6.07) is 4.83. The topological polar surface area (TPSA) is 19.4 Å². The Balaban J connectivity index is 1.73. The van der Waals surface area contributed by atoms with Crippen LogP contribution in [0.15, 0.2) is 31.1 Å². The van der Waals surface area contributed by atoms with Crippen molar-refractivity contribution in [3.05, 3.63) is 42.4 Å². The van der Waals surface area contributed by atoms with Crippen LogP contribution in [0.25, 0.3) is 0 Å². The summed E-state index contributed by atoms with van der Waals surface area (Å²) >= 11 is 0. The van der Waals surface area contributed by atoms with Gasteiger partial charge in [-0.15, -0.1) is 0 Å². The molecule has 1 unspecified atom stereocenters. The fourth-order valence-corrected chi connectivity index (χ4v) is 2.98. The lowest BCUT2D eigenvalue weighted by molar-refractivity contribution is 0.120. The molecule has 0 aromatic carbocycles. The fraction of sp³-hybridized carbons (Fsp3) is 0.500. The summed E-state index contributed by atoms with van der Waals surface area (Å²) in [6.07, 6.45) is 6.31. The molecule has 0 N–H and O–H groups in total. The molecule has 0 spiro atoms. The summed E-state index contributed by atoms with van der Waals surface area (Å²) in [4.78, 5) is 9.46. The second kappa shape index (κ2) is 4.49. The number of rotatable bonds is 2. The van der Waals surface area contributed by atoms with Gasteiger partial charge in [0.05, 0.1) is 11.7 Å². The first kappa shape index (κ1) is 10.8. The lowest BCUT2D eigenvalue weighted by Gasteiger charge is -2.37. The second-order valence-corrected chi connectivity index (χ2v) is 4.86. The Labute approximate surface area is 103 Å². The Bertz CT molecular complexity index is 408. The van der Waals surface area contributed by atoms with Gasteiger partial charge in [0.2, 0.25) is 0 Å². The Kier molecular flexibility index (Phi) is 2.85. The lowest BCUT2D eigenvalue weighted by Crippen LogP contribution is -2.45. The number of aryl methyl sites for hydroxylation is 1. The van der Waals surface area contributed by atoms with Crippen molar-refractivity contribution in [2.75, 3.05) is 26.2 Å². The second-order valence-electron chi connectivity index (χ2n) is 4.86. The molecule has 0 radical (unpaired) electrons. The van der Waals surface area contributed by atoms with Crippen molar-refractivity contribution in [1.82, 2.24) is 14.8 Å². The average molecular weight is 229 g/mol. The highest BCUT2D eigenvalue weighted by Gasteiger charge is 2.30. The smallest absolute Gasteiger partial charge is 0.0607 e. The Morgan fingerprint density at radius 1 is 1.29 bits per heavy atom. The molecular formula is C14H19N3. The molecule has 1 aliphatic heterocycles. The molecule has 1 atom stereocenters. The van der Waals surface area contributed by atoms with Crippen molar-refractivity contribution in [3.8, 4) is 0 Å². The van der Waals surface area contributed by atoms with Gasteiger partial charge in [0.25, 0.3) is 0 Å². The number of nitrogens with zero attached hydrogens (tertiary/aromatic N) is 3. The Hall–Kier alpha value is -1.35. The molecule has 17 heavy (non-hydrogen) atoms. The minimum atomic E-state index is 0.554. The summed E-state index contributed by atoms with van der Waals surface area (Å²) in [5, 5.41) is 0. The lowest BCUT2D eigenvalue weighted by atomic mass is 10.1. The van der Waals surface area contributed by atoms with Gasteiger partial charge in [-0.2, -0.15) is 0 Å². The maximum absolute atomic E-state index is 4.58. The Morgan fingerprint density at radius 2 is 2.12 bits per heavy atom. The monoisotopic (exact) mass is 229 g/mol. The van der Waals surface area contributed by atoms with Gasteiger partial charge in [-0.1, -0.05) is 12.6 Å². The largest absolute Gasteiger partial charge is 0.375 e. The molecule has 2 heterocycles. The van der Waals surface area contributed by atoms with Gasteiger partial charge in [0.15, 0.2) is 0 Å². The number of hydrogen-bond acceptors (Lipinski definition) is 3. The molecule has 1 aliphatic carbocycles. The van der Waals surface area contributed by atoms with Gasteiger partial charge in [0, 0.05) is 32.4 Å². The van der Waals surface area contributed by atoms with Crippen LogP contribution in [0, 0.1) is 0 Å². The van der Waals surface area contributed by atoms with E-state index in [-0.39, 0.29) is 0 Å². The summed E-state index contributed by atoms with van der Waals surface area (Å²) < 4.78 is 0. The van der Waals surface area contributed by atoms with Crippen molar-refractivity contribution in [2.24, 2.45) is 0 Å². The van der Waals surface area contributed by atoms with Crippen LogP contribution in [0.5, 0.6) is 0 Å². The Morgan fingerprint density at radius 3 is 2.88 bits per heavy atom. The first-order valence-electron chi connectivity index (χ1n) is 6.43. The highest BCUT2D eigenvalue weighted by Crippen LogP contribution is 2.34. The van der Waals surface area contributed by atoms with Crippen molar-refractivity contribution in [3.63, 3.8) is 0 Å². The van der Waals surface area contributed by atoms with E-state index in [0.29, 0.717) is 6.04 Å². The van der Waals surface area contributed by atoms with Crippen LogP contribution in [-0.4, -0.2) is 41.0 Å². The molecule has 1 saturated heterocycles. The minimum absolute atomic E-state index is 0.554. The van der Waals surface area contributed by atoms with E-state index in [4.69, 9.17) is 0 Å². The van der Waals surface area contributed by atoms with E-state index in [1.54, 1.807) is 0 Å². The van der Waals surface area contributed by atoms with Crippen LogP contribution >= 0.6 is 0 Å². The number of aromatic nitrogens is 1. The third-order valence-electron chi connectivity index (χ3n) is 3.98. The number of pyridine rings is 1. The molecule has 1 aromatic rings. The average Bonchev–Trinajstić information content (AvgIpc) is 2.83. The van der Waals surface area contributed by atoms with Crippen LogP contribution in [0.3, 0.4) is 0 Å². The zero-order valence-electron chi connectivity index (χ0n) is 10.2. The van der Waals surface area contributed by atoms with E-state index < -0.39 is 0 Å². The molecule has 1 aromatic heterocycles. The normalized spacial score (nSPS) is 24.7. The van der Waals surface area contributed by atoms with E-state index in [0.717, 1.165) is 26.2 Å². The van der Waals surface area contributed by atoms with Crippen LogP contribution in [0.1, 0.15) is 23.7 Å². The van der Waals surface area contributed by atoms with Crippen LogP contribution in [0.2, 0.25) is 0 Å². The predicted molar refractivity (Wildman–Crippen MR) is 68.6 cm³/mol. The predicted octanol–water partition coefficient (Wildman–Crippen LogP) is 1.83. The van der Waals surface area contributed by atoms with Crippen LogP contribution in [0.4, 0.5) is 0 Å². The molecule has 90 valence electrons. The maximum Gasteiger partial charge on any atom is 0.0607 e. The van der Waals surface area contributed by atoms with Crippen LogP contribution < -0.4 is 0 Å². The molecular weight excluding hydrogens is 210 g/mol. The van der Waals surface area contributed by atoms with E-state index in [1.807, 2.05) is 12.4 Å². The number of piperazine rings is 1. The van der Waals surface area contributed by atoms with Crippen molar-refractivity contribution >= 4 is 0 Å². The van der Waals surface area contributed by atoms with Gasteiger partial charge in [0.1, 0.15) is 0 Å². The summed E-state index contributed by atoms with van der Waals surface area (Å²) in [6.45, 7) is 8.30. The van der Waals surface area contributed by atoms with Gasteiger partial charge >= 0.3 is 0 Å². The third kappa shape index (κ3) is 1.95. The van der Waals surface area contributed by atoms with E-state index in [2.05, 4.69) is 33.5 Å². The first-order chi connectivity index (χ1) is 8.38. The van der Waals surface area contributed by atoms with Crippen molar-refractivity contribution < 1.29 is 0 Å². The highest BCUT2D eigenvalue weighted by atomic mass is 15.3.